The number of rotatable bonds is 2. The predicted molar refractivity (Wildman–Crippen MR) is 49.8 cm³/mol. The zero-order valence-corrected chi connectivity index (χ0v) is 6.58. The maximum atomic E-state index is 11.2. The maximum absolute atomic E-state index is 11.2. The number of benzene rings is 1. The fourth-order valence-electron chi connectivity index (χ4n) is 0.975. The van der Waals surface area contributed by atoms with E-state index in [-0.39, 0.29) is 5.78 Å². The molecule has 0 aliphatic carbocycles. The first-order chi connectivity index (χ1) is 5.66. The molecule has 0 aromatic heterocycles. The third-order valence-electron chi connectivity index (χ3n) is 1.56. The van der Waals surface area contributed by atoms with E-state index in [0.717, 1.165) is 0 Å². The molecule has 0 bridgehead atoms. The molecule has 1 aromatic rings. The van der Waals surface area contributed by atoms with Gasteiger partial charge in [-0.25, -0.2) is 0 Å². The lowest BCUT2D eigenvalue weighted by Crippen LogP contribution is -2.04. The van der Waals surface area contributed by atoms with Crippen molar-refractivity contribution in [2.75, 3.05) is 11.5 Å². The van der Waals surface area contributed by atoms with Crippen LogP contribution in [0.4, 0.5) is 11.4 Å². The highest BCUT2D eigenvalue weighted by molar-refractivity contribution is 6.11. The van der Waals surface area contributed by atoms with Crippen molar-refractivity contribution in [2.45, 2.75) is 0 Å². The highest BCUT2D eigenvalue weighted by Gasteiger charge is 2.08. The van der Waals surface area contributed by atoms with Gasteiger partial charge in [-0.15, -0.1) is 0 Å². The number of nitrogen functional groups attached to an aromatic ring is 2. The summed E-state index contributed by atoms with van der Waals surface area (Å²) >= 11 is 0. The van der Waals surface area contributed by atoms with Gasteiger partial charge in [-0.1, -0.05) is 12.6 Å². The van der Waals surface area contributed by atoms with Crippen LogP contribution in [0.15, 0.2) is 30.9 Å². The van der Waals surface area contributed by atoms with Gasteiger partial charge in [0.1, 0.15) is 0 Å². The molecule has 1 aromatic carbocycles. The topological polar surface area (TPSA) is 69.1 Å². The van der Waals surface area contributed by atoms with E-state index in [1.807, 2.05) is 0 Å². The lowest BCUT2D eigenvalue weighted by Gasteiger charge is -2.04. The van der Waals surface area contributed by atoms with Crippen molar-refractivity contribution in [1.29, 1.82) is 0 Å². The SMILES string of the molecule is C=CC(=O)c1c(N)cccc1N. The van der Waals surface area contributed by atoms with Crippen molar-refractivity contribution in [1.82, 2.24) is 0 Å². The summed E-state index contributed by atoms with van der Waals surface area (Å²) in [6.07, 6.45) is 1.20. The first-order valence-electron chi connectivity index (χ1n) is 3.47. The second-order valence-corrected chi connectivity index (χ2v) is 2.38. The fraction of sp³-hybridized carbons (Fsp3) is 0. The summed E-state index contributed by atoms with van der Waals surface area (Å²) in [7, 11) is 0. The molecule has 3 heteroatoms. The Morgan fingerprint density at radius 3 is 2.25 bits per heavy atom. The van der Waals surface area contributed by atoms with E-state index in [1.54, 1.807) is 18.2 Å². The van der Waals surface area contributed by atoms with Crippen LogP contribution in [0.25, 0.3) is 0 Å². The Labute approximate surface area is 70.7 Å². The van der Waals surface area contributed by atoms with E-state index in [0.29, 0.717) is 16.9 Å². The molecule has 62 valence electrons. The smallest absolute Gasteiger partial charge is 0.189 e. The molecule has 0 aliphatic rings. The predicted octanol–water partition coefficient (Wildman–Crippen LogP) is 1.22. The van der Waals surface area contributed by atoms with E-state index < -0.39 is 0 Å². The van der Waals surface area contributed by atoms with Gasteiger partial charge in [-0.3, -0.25) is 4.79 Å². The van der Waals surface area contributed by atoms with Crippen molar-refractivity contribution < 1.29 is 4.79 Å². The summed E-state index contributed by atoms with van der Waals surface area (Å²) < 4.78 is 0. The number of anilines is 2. The van der Waals surface area contributed by atoms with Crippen LogP contribution in [0.2, 0.25) is 0 Å². The van der Waals surface area contributed by atoms with Crippen molar-refractivity contribution in [3.63, 3.8) is 0 Å². The second-order valence-electron chi connectivity index (χ2n) is 2.38. The summed E-state index contributed by atoms with van der Waals surface area (Å²) in [5.41, 5.74) is 12.2. The first-order valence-corrected chi connectivity index (χ1v) is 3.47. The average Bonchev–Trinajstić information content (AvgIpc) is 2.03. The molecule has 1 rings (SSSR count). The number of ketones is 1. The number of nitrogens with two attached hydrogens (primary N) is 2. The van der Waals surface area contributed by atoms with Crippen LogP contribution in [0, 0.1) is 0 Å². The lowest BCUT2D eigenvalue weighted by molar-refractivity contribution is 0.104. The second kappa shape index (κ2) is 3.09. The van der Waals surface area contributed by atoms with Crippen molar-refractivity contribution >= 4 is 17.2 Å². The molecule has 0 saturated heterocycles. The van der Waals surface area contributed by atoms with E-state index in [1.165, 1.54) is 6.08 Å². The summed E-state index contributed by atoms with van der Waals surface area (Å²) in [5, 5.41) is 0. The molecular formula is C9H10N2O. The average molecular weight is 162 g/mol. The largest absolute Gasteiger partial charge is 0.398 e. The molecule has 0 heterocycles. The maximum Gasteiger partial charge on any atom is 0.189 e. The van der Waals surface area contributed by atoms with Crippen LogP contribution >= 0.6 is 0 Å². The summed E-state index contributed by atoms with van der Waals surface area (Å²) in [4.78, 5) is 11.2. The molecule has 0 fully saturated rings. The van der Waals surface area contributed by atoms with E-state index in [4.69, 9.17) is 11.5 Å². The minimum atomic E-state index is -0.245. The van der Waals surface area contributed by atoms with Crippen LogP contribution in [0.1, 0.15) is 10.4 Å². The van der Waals surface area contributed by atoms with Gasteiger partial charge in [0.25, 0.3) is 0 Å². The van der Waals surface area contributed by atoms with Gasteiger partial charge in [-0.2, -0.15) is 0 Å². The zero-order chi connectivity index (χ0) is 9.14. The Balaban J connectivity index is 3.30. The Bertz CT molecular complexity index is 311. The molecule has 0 aliphatic heterocycles. The van der Waals surface area contributed by atoms with Gasteiger partial charge < -0.3 is 11.5 Å². The lowest BCUT2D eigenvalue weighted by atomic mass is 10.1. The Hall–Kier alpha value is -1.77. The van der Waals surface area contributed by atoms with Crippen molar-refractivity contribution in [3.05, 3.63) is 36.4 Å². The monoisotopic (exact) mass is 162 g/mol. The third kappa shape index (κ3) is 1.29. The molecule has 0 atom stereocenters. The Kier molecular flexibility index (Phi) is 2.14. The van der Waals surface area contributed by atoms with Crippen LogP contribution in [0.5, 0.6) is 0 Å². The molecule has 0 unspecified atom stereocenters. The van der Waals surface area contributed by atoms with Gasteiger partial charge in [0.05, 0.1) is 5.56 Å². The number of carbonyl (C=O) groups is 1. The van der Waals surface area contributed by atoms with Crippen LogP contribution in [-0.4, -0.2) is 5.78 Å². The van der Waals surface area contributed by atoms with Crippen LogP contribution in [-0.2, 0) is 0 Å². The molecule has 0 spiro atoms. The van der Waals surface area contributed by atoms with Gasteiger partial charge >= 0.3 is 0 Å². The zero-order valence-electron chi connectivity index (χ0n) is 6.58. The third-order valence-corrected chi connectivity index (χ3v) is 1.56. The Morgan fingerprint density at radius 1 is 1.33 bits per heavy atom. The number of carbonyl (C=O) groups excluding carboxylic acids is 1. The standard InChI is InChI=1S/C9H10N2O/c1-2-8(12)9-6(10)4-3-5-7(9)11/h2-5H,1,10-11H2. The molecule has 0 saturated carbocycles. The van der Waals surface area contributed by atoms with Gasteiger partial charge in [0.2, 0.25) is 0 Å². The van der Waals surface area contributed by atoms with Crippen LogP contribution < -0.4 is 11.5 Å². The number of hydrogen-bond acceptors (Lipinski definition) is 3. The van der Waals surface area contributed by atoms with Gasteiger partial charge in [-0.05, 0) is 18.2 Å². The van der Waals surface area contributed by atoms with Crippen LogP contribution in [0.3, 0.4) is 0 Å². The summed E-state index contributed by atoms with van der Waals surface area (Å²) in [6.45, 7) is 3.36. The van der Waals surface area contributed by atoms with E-state index >= 15 is 0 Å². The number of hydrogen-bond donors (Lipinski definition) is 2. The van der Waals surface area contributed by atoms with Crippen molar-refractivity contribution in [2.24, 2.45) is 0 Å². The minimum absolute atomic E-state index is 0.245. The first kappa shape index (κ1) is 8.33. The molecule has 12 heavy (non-hydrogen) atoms. The molecular weight excluding hydrogens is 152 g/mol. The van der Waals surface area contributed by atoms with E-state index in [9.17, 15) is 4.79 Å². The molecule has 0 radical (unpaired) electrons. The highest BCUT2D eigenvalue weighted by atomic mass is 16.1. The van der Waals surface area contributed by atoms with E-state index in [2.05, 4.69) is 6.58 Å². The highest BCUT2D eigenvalue weighted by Crippen LogP contribution is 2.19. The van der Waals surface area contributed by atoms with Gasteiger partial charge in [0.15, 0.2) is 5.78 Å². The minimum Gasteiger partial charge on any atom is -0.398 e. The summed E-state index contributed by atoms with van der Waals surface area (Å²) in [5.74, 6) is -0.245. The summed E-state index contributed by atoms with van der Waals surface area (Å²) in [6, 6.07) is 4.96. The fourth-order valence-corrected chi connectivity index (χ4v) is 0.975. The van der Waals surface area contributed by atoms with Crippen molar-refractivity contribution in [3.8, 4) is 0 Å². The molecule has 0 amide bonds. The molecule has 4 N–H and O–H groups in total. The Morgan fingerprint density at radius 2 is 1.83 bits per heavy atom. The van der Waals surface area contributed by atoms with Gasteiger partial charge in [0, 0.05) is 11.4 Å². The normalized spacial score (nSPS) is 9.33. The quantitative estimate of drug-likeness (QED) is 0.390. The molecule has 3 nitrogen and oxygen atoms in total. The number of allylic oxidation sites excluding steroid dienone is 1.